The van der Waals surface area contributed by atoms with Crippen LogP contribution in [-0.4, -0.2) is 69.4 Å². The van der Waals surface area contributed by atoms with Crippen LogP contribution in [0.5, 0.6) is 0 Å². The monoisotopic (exact) mass is 522 g/mol. The van der Waals surface area contributed by atoms with Crippen molar-refractivity contribution in [1.82, 2.24) is 10.2 Å². The van der Waals surface area contributed by atoms with E-state index in [1.165, 1.54) is 96.3 Å². The van der Waals surface area contributed by atoms with Gasteiger partial charge in [0.2, 0.25) is 0 Å². The van der Waals surface area contributed by atoms with Gasteiger partial charge in [0.1, 0.15) is 0 Å². The molecular weight excluding hydrogens is 463 g/mol. The van der Waals surface area contributed by atoms with Crippen molar-refractivity contribution >= 4 is 7.82 Å². The van der Waals surface area contributed by atoms with Gasteiger partial charge in [-0.2, -0.15) is 0 Å². The molecule has 0 radical (unpaired) electrons. The van der Waals surface area contributed by atoms with Crippen molar-refractivity contribution < 1.29 is 23.2 Å². The molecule has 0 aliphatic carbocycles. The van der Waals surface area contributed by atoms with Gasteiger partial charge in [0, 0.05) is 13.2 Å². The van der Waals surface area contributed by atoms with E-state index in [1.807, 2.05) is 18.9 Å². The summed E-state index contributed by atoms with van der Waals surface area (Å²) in [4.78, 5) is 11.8. The number of likely N-dealkylation sites (N-methyl/N-ethyl adjacent to an activating group) is 2. The summed E-state index contributed by atoms with van der Waals surface area (Å²) in [5.74, 6) is 0. The molecule has 0 aromatic rings. The van der Waals surface area contributed by atoms with Crippen LogP contribution in [0.4, 0.5) is 0 Å². The van der Waals surface area contributed by atoms with Gasteiger partial charge in [-0.25, -0.2) is 4.57 Å². The number of nitrogens with one attached hydrogen (secondary N) is 1. The highest BCUT2D eigenvalue weighted by Crippen LogP contribution is 2.43. The molecule has 2 N–H and O–H groups in total. The van der Waals surface area contributed by atoms with Gasteiger partial charge < -0.3 is 19.8 Å². The third kappa shape index (κ3) is 25.4. The number of nitrogens with zero attached hydrogens (tertiary/aromatic N) is 1. The van der Waals surface area contributed by atoms with E-state index in [9.17, 15) is 9.46 Å². The number of hydrogen-bond donors (Lipinski definition) is 2. The van der Waals surface area contributed by atoms with E-state index in [-0.39, 0.29) is 19.3 Å². The largest absolute Gasteiger partial charge is 0.472 e. The van der Waals surface area contributed by atoms with E-state index in [0.717, 1.165) is 13.0 Å². The maximum Gasteiger partial charge on any atom is 0.472 e. The Balaban J connectivity index is 3.47. The third-order valence-electron chi connectivity index (χ3n) is 6.58. The average molecular weight is 523 g/mol. The van der Waals surface area contributed by atoms with Crippen molar-refractivity contribution in [3.05, 3.63) is 0 Å². The zero-order chi connectivity index (χ0) is 26.0. The lowest BCUT2D eigenvalue weighted by molar-refractivity contribution is 0.0775. The molecule has 0 aliphatic rings. The molecular formula is C27H59N2O5P. The van der Waals surface area contributed by atoms with E-state index in [2.05, 4.69) is 12.2 Å². The van der Waals surface area contributed by atoms with E-state index >= 15 is 0 Å². The zero-order valence-corrected chi connectivity index (χ0v) is 24.5. The van der Waals surface area contributed by atoms with Crippen LogP contribution in [0, 0.1) is 0 Å². The Morgan fingerprint density at radius 2 is 1.23 bits per heavy atom. The molecule has 0 spiro atoms. The Morgan fingerprint density at radius 3 is 1.69 bits per heavy atom. The topological polar surface area (TPSA) is 80.3 Å². The van der Waals surface area contributed by atoms with Crippen molar-refractivity contribution in [3.8, 4) is 0 Å². The third-order valence-corrected chi connectivity index (χ3v) is 7.56. The van der Waals surface area contributed by atoms with Crippen LogP contribution in [-0.2, 0) is 18.3 Å². The lowest BCUT2D eigenvalue weighted by atomic mass is 10.0. The second-order valence-corrected chi connectivity index (χ2v) is 11.3. The van der Waals surface area contributed by atoms with Crippen LogP contribution in [0.25, 0.3) is 0 Å². The predicted octanol–water partition coefficient (Wildman–Crippen LogP) is 6.94. The SMILES string of the molecule is CCCCCCCCCCCCCCCCCCOCC(COP(=O)(O)OCCN(C)CC)NC. The number of phosphoric ester groups is 1. The summed E-state index contributed by atoms with van der Waals surface area (Å²) in [6, 6.07) is -0.140. The fraction of sp³-hybridized carbons (Fsp3) is 1.00. The maximum absolute atomic E-state index is 12.0. The van der Waals surface area contributed by atoms with Crippen molar-refractivity contribution in [1.29, 1.82) is 0 Å². The first-order chi connectivity index (χ1) is 16.9. The lowest BCUT2D eigenvalue weighted by Crippen LogP contribution is -2.35. The minimum atomic E-state index is -4.03. The summed E-state index contributed by atoms with van der Waals surface area (Å²) in [7, 11) is -0.299. The Morgan fingerprint density at radius 1 is 0.743 bits per heavy atom. The molecule has 0 aliphatic heterocycles. The second kappa shape index (κ2) is 25.6. The fourth-order valence-corrected chi connectivity index (χ4v) is 4.64. The van der Waals surface area contributed by atoms with E-state index in [0.29, 0.717) is 19.8 Å². The van der Waals surface area contributed by atoms with E-state index in [4.69, 9.17) is 13.8 Å². The van der Waals surface area contributed by atoms with Gasteiger partial charge in [0.05, 0.1) is 25.9 Å². The highest BCUT2D eigenvalue weighted by molar-refractivity contribution is 7.47. The number of rotatable bonds is 28. The highest BCUT2D eigenvalue weighted by atomic mass is 31.2. The highest BCUT2D eigenvalue weighted by Gasteiger charge is 2.23. The molecule has 0 fully saturated rings. The van der Waals surface area contributed by atoms with Gasteiger partial charge in [0.15, 0.2) is 0 Å². The fourth-order valence-electron chi connectivity index (χ4n) is 3.88. The first kappa shape index (κ1) is 35.0. The van der Waals surface area contributed by atoms with Crippen LogP contribution < -0.4 is 5.32 Å². The van der Waals surface area contributed by atoms with Gasteiger partial charge in [-0.3, -0.25) is 9.05 Å². The second-order valence-electron chi connectivity index (χ2n) is 9.86. The van der Waals surface area contributed by atoms with Gasteiger partial charge in [-0.1, -0.05) is 110 Å². The minimum Gasteiger partial charge on any atom is -0.380 e. The number of phosphoric acid groups is 1. The molecule has 0 heterocycles. The summed E-state index contributed by atoms with van der Waals surface area (Å²) < 4.78 is 27.8. The summed E-state index contributed by atoms with van der Waals surface area (Å²) in [5, 5.41) is 3.07. The van der Waals surface area contributed by atoms with E-state index < -0.39 is 7.82 Å². The molecule has 0 amide bonds. The van der Waals surface area contributed by atoms with Crippen molar-refractivity contribution in [2.75, 3.05) is 53.6 Å². The number of unbranched alkanes of at least 4 members (excludes halogenated alkanes) is 15. The van der Waals surface area contributed by atoms with Crippen LogP contribution in [0.3, 0.4) is 0 Å². The smallest absolute Gasteiger partial charge is 0.380 e. The standard InChI is InChI=1S/C27H59N2O5P/c1-5-7-8-9-10-11-12-13-14-15-16-17-18-19-20-21-23-32-25-27(28-3)26-34-35(30,31)33-24-22-29(4)6-2/h27-28H,5-26H2,1-4H3,(H,30,31). The molecule has 212 valence electrons. The molecule has 0 aromatic carbocycles. The molecule has 0 bridgehead atoms. The summed E-state index contributed by atoms with van der Waals surface area (Å²) in [6.07, 6.45) is 21.7. The maximum atomic E-state index is 12.0. The molecule has 0 saturated heterocycles. The Hall–Kier alpha value is -0.0100. The first-order valence-corrected chi connectivity index (χ1v) is 16.0. The molecule has 7 nitrogen and oxygen atoms in total. The van der Waals surface area contributed by atoms with Crippen molar-refractivity contribution in [2.24, 2.45) is 0 Å². The van der Waals surface area contributed by atoms with Gasteiger partial charge in [-0.15, -0.1) is 0 Å². The predicted molar refractivity (Wildman–Crippen MR) is 148 cm³/mol. The lowest BCUT2D eigenvalue weighted by Gasteiger charge is -2.19. The van der Waals surface area contributed by atoms with Crippen LogP contribution in [0.1, 0.15) is 117 Å². The van der Waals surface area contributed by atoms with Crippen molar-refractivity contribution in [3.63, 3.8) is 0 Å². The molecule has 0 rings (SSSR count). The minimum absolute atomic E-state index is 0.0762. The van der Waals surface area contributed by atoms with Crippen LogP contribution >= 0.6 is 7.82 Å². The molecule has 8 heteroatoms. The zero-order valence-electron chi connectivity index (χ0n) is 23.6. The Bertz CT molecular complexity index is 484. The summed E-state index contributed by atoms with van der Waals surface area (Å²) >= 11 is 0. The first-order valence-electron chi connectivity index (χ1n) is 14.5. The molecule has 0 aromatic heterocycles. The van der Waals surface area contributed by atoms with Crippen LogP contribution in [0.15, 0.2) is 0 Å². The molecule has 35 heavy (non-hydrogen) atoms. The average Bonchev–Trinajstić information content (AvgIpc) is 2.84. The Labute approximate surface area is 217 Å². The van der Waals surface area contributed by atoms with E-state index in [1.54, 1.807) is 7.05 Å². The van der Waals surface area contributed by atoms with Gasteiger partial charge in [0.25, 0.3) is 0 Å². The molecule has 2 atom stereocenters. The normalized spacial score (nSPS) is 14.5. The van der Waals surface area contributed by atoms with Crippen LogP contribution in [0.2, 0.25) is 0 Å². The number of hydrogen-bond acceptors (Lipinski definition) is 6. The molecule has 2 unspecified atom stereocenters. The Kier molecular flexibility index (Phi) is 25.6. The van der Waals surface area contributed by atoms with Crippen molar-refractivity contribution in [2.45, 2.75) is 123 Å². The summed E-state index contributed by atoms with van der Waals surface area (Å²) in [5.41, 5.74) is 0. The quantitative estimate of drug-likeness (QED) is 0.0851. The molecule has 0 saturated carbocycles. The number of ether oxygens (including phenoxy) is 1. The van der Waals surface area contributed by atoms with Gasteiger partial charge >= 0.3 is 7.82 Å². The van der Waals surface area contributed by atoms with Gasteiger partial charge in [-0.05, 0) is 27.1 Å². The summed E-state index contributed by atoms with van der Waals surface area (Å²) in [6.45, 7) is 7.15.